The quantitative estimate of drug-likeness (QED) is 0.860. The molecule has 22 heavy (non-hydrogen) atoms. The predicted octanol–water partition coefficient (Wildman–Crippen LogP) is 2.60. The molecule has 0 unspecified atom stereocenters. The summed E-state index contributed by atoms with van der Waals surface area (Å²) in [5.74, 6) is -2.86. The summed E-state index contributed by atoms with van der Waals surface area (Å²) in [5.41, 5.74) is -0.272. The van der Waals surface area contributed by atoms with Gasteiger partial charge in [0, 0.05) is 10.4 Å². The van der Waals surface area contributed by atoms with Crippen molar-refractivity contribution in [1.82, 2.24) is 5.32 Å². The Bertz CT molecular complexity index is 673. The molecule has 0 bridgehead atoms. The van der Waals surface area contributed by atoms with Crippen LogP contribution in [0, 0.1) is 11.6 Å². The molecule has 4 nitrogen and oxygen atoms in total. The number of esters is 1. The van der Waals surface area contributed by atoms with E-state index in [-0.39, 0.29) is 12.0 Å². The summed E-state index contributed by atoms with van der Waals surface area (Å²) in [6.45, 7) is 0. The van der Waals surface area contributed by atoms with Crippen LogP contribution in [0.2, 0.25) is 0 Å². The van der Waals surface area contributed by atoms with Gasteiger partial charge in [-0.05, 0) is 29.6 Å². The molecule has 1 N–H and O–H groups in total. The number of halogens is 2. The number of hydrogen-bond donors (Lipinski definition) is 1. The Balaban J connectivity index is 2.21. The second-order valence-electron chi connectivity index (χ2n) is 4.45. The summed E-state index contributed by atoms with van der Waals surface area (Å²) < 4.78 is 31.7. The van der Waals surface area contributed by atoms with E-state index in [0.29, 0.717) is 0 Å². The van der Waals surface area contributed by atoms with Gasteiger partial charge in [0.1, 0.15) is 11.6 Å². The molecule has 116 valence electrons. The zero-order valence-corrected chi connectivity index (χ0v) is 12.5. The molecule has 2 rings (SSSR count). The largest absolute Gasteiger partial charge is 0.467 e. The first-order valence-corrected chi connectivity index (χ1v) is 7.23. The molecule has 0 spiro atoms. The number of thiophene rings is 1. The van der Waals surface area contributed by atoms with Crippen LogP contribution in [0.25, 0.3) is 0 Å². The third-order valence-corrected chi connectivity index (χ3v) is 3.80. The van der Waals surface area contributed by atoms with Gasteiger partial charge in [-0.25, -0.2) is 13.6 Å². The number of hydrogen-bond acceptors (Lipinski definition) is 4. The lowest BCUT2D eigenvalue weighted by Crippen LogP contribution is -2.36. The highest BCUT2D eigenvalue weighted by molar-refractivity contribution is 7.10. The van der Waals surface area contributed by atoms with Gasteiger partial charge in [0.15, 0.2) is 6.04 Å². The summed E-state index contributed by atoms with van der Waals surface area (Å²) in [6.07, 6.45) is 0.0437. The minimum absolute atomic E-state index is 0.0437. The normalized spacial score (nSPS) is 11.8. The van der Waals surface area contributed by atoms with Crippen molar-refractivity contribution in [1.29, 1.82) is 0 Å². The first-order chi connectivity index (χ1) is 10.5. The molecule has 0 aliphatic rings. The van der Waals surface area contributed by atoms with Gasteiger partial charge in [-0.1, -0.05) is 6.07 Å². The average Bonchev–Trinajstić information content (AvgIpc) is 2.99. The Labute approximate surface area is 129 Å². The van der Waals surface area contributed by atoms with Crippen LogP contribution >= 0.6 is 11.3 Å². The van der Waals surface area contributed by atoms with Crippen molar-refractivity contribution in [3.05, 3.63) is 57.8 Å². The molecule has 0 fully saturated rings. The van der Waals surface area contributed by atoms with Crippen molar-refractivity contribution in [3.8, 4) is 0 Å². The van der Waals surface area contributed by atoms with Gasteiger partial charge in [-0.15, -0.1) is 11.3 Å². The number of nitrogens with one attached hydrogen (secondary N) is 1. The van der Waals surface area contributed by atoms with Crippen molar-refractivity contribution in [3.63, 3.8) is 0 Å². The molecule has 7 heteroatoms. The minimum atomic E-state index is -1.40. The molecule has 0 aliphatic heterocycles. The fraction of sp³-hybridized carbons (Fsp3) is 0.200. The number of carbonyl (C=O) groups is 2. The Hall–Kier alpha value is -2.28. The number of carbonyl (C=O) groups excluding carboxylic acids is 2. The third-order valence-electron chi connectivity index (χ3n) is 2.93. The molecule has 0 saturated carbocycles. The lowest BCUT2D eigenvalue weighted by Gasteiger charge is -2.17. The van der Waals surface area contributed by atoms with E-state index < -0.39 is 29.6 Å². The van der Waals surface area contributed by atoms with Crippen LogP contribution in [0.4, 0.5) is 8.78 Å². The van der Waals surface area contributed by atoms with Gasteiger partial charge in [0.25, 0.3) is 0 Å². The number of benzene rings is 1. The topological polar surface area (TPSA) is 55.4 Å². The van der Waals surface area contributed by atoms with Gasteiger partial charge in [0.05, 0.1) is 13.5 Å². The van der Waals surface area contributed by atoms with Crippen molar-refractivity contribution in [2.45, 2.75) is 12.5 Å². The second kappa shape index (κ2) is 7.13. The van der Waals surface area contributed by atoms with Crippen LogP contribution in [0.5, 0.6) is 0 Å². The van der Waals surface area contributed by atoms with E-state index in [2.05, 4.69) is 10.1 Å². The molecule has 0 saturated heterocycles. The van der Waals surface area contributed by atoms with E-state index in [1.54, 1.807) is 12.1 Å². The molecule has 1 aromatic carbocycles. The van der Waals surface area contributed by atoms with Crippen LogP contribution < -0.4 is 5.32 Å². The maximum atomic E-state index is 13.8. The smallest absolute Gasteiger partial charge is 0.333 e. The summed E-state index contributed by atoms with van der Waals surface area (Å²) in [4.78, 5) is 24.6. The lowest BCUT2D eigenvalue weighted by molar-refractivity contribution is -0.145. The van der Waals surface area contributed by atoms with Crippen molar-refractivity contribution in [2.75, 3.05) is 7.11 Å². The monoisotopic (exact) mass is 325 g/mol. The van der Waals surface area contributed by atoms with Crippen LogP contribution in [-0.4, -0.2) is 19.0 Å². The molecule has 0 aliphatic carbocycles. The van der Waals surface area contributed by atoms with Gasteiger partial charge in [-0.3, -0.25) is 4.79 Å². The van der Waals surface area contributed by atoms with Gasteiger partial charge in [0.2, 0.25) is 5.91 Å². The number of methoxy groups -OCH3 is 1. The van der Waals surface area contributed by atoms with Crippen LogP contribution in [0.3, 0.4) is 0 Å². The average molecular weight is 325 g/mol. The lowest BCUT2D eigenvalue weighted by atomic mass is 10.1. The van der Waals surface area contributed by atoms with Crippen LogP contribution in [-0.2, 0) is 20.7 Å². The summed E-state index contributed by atoms with van der Waals surface area (Å²) in [6, 6.07) is 4.85. The highest BCUT2D eigenvalue weighted by atomic mass is 32.1. The number of amides is 1. The first-order valence-electron chi connectivity index (χ1n) is 6.35. The number of ether oxygens (including phenoxy) is 1. The molecule has 1 heterocycles. The second-order valence-corrected chi connectivity index (χ2v) is 5.48. The van der Waals surface area contributed by atoms with Gasteiger partial charge >= 0.3 is 5.97 Å². The summed E-state index contributed by atoms with van der Waals surface area (Å²) >= 11 is 1.38. The summed E-state index contributed by atoms with van der Waals surface area (Å²) in [5, 5.41) is 4.19. The van der Waals surface area contributed by atoms with Gasteiger partial charge in [-0.2, -0.15) is 0 Å². The van der Waals surface area contributed by atoms with Crippen LogP contribution in [0.15, 0.2) is 35.7 Å². The summed E-state index contributed by atoms with van der Waals surface area (Å²) in [7, 11) is 1.11. The van der Waals surface area contributed by atoms with E-state index in [0.717, 1.165) is 30.2 Å². The van der Waals surface area contributed by atoms with Crippen molar-refractivity contribution < 1.29 is 23.1 Å². The predicted molar refractivity (Wildman–Crippen MR) is 77.3 cm³/mol. The maximum Gasteiger partial charge on any atom is 0.333 e. The Morgan fingerprint density at radius 2 is 2.09 bits per heavy atom. The van der Waals surface area contributed by atoms with Crippen molar-refractivity contribution >= 4 is 23.2 Å². The van der Waals surface area contributed by atoms with Crippen molar-refractivity contribution in [2.24, 2.45) is 0 Å². The maximum absolute atomic E-state index is 13.8. The van der Waals surface area contributed by atoms with E-state index in [4.69, 9.17) is 0 Å². The standard InChI is InChI=1S/C15H13F2NO3S/c1-21-15(20)14(11-7-9(16)4-5-12(11)17)18-13(19)8-10-3-2-6-22-10/h2-7,14H,8H2,1H3,(H,18,19)/t14-/m0/s1. The molecular weight excluding hydrogens is 312 g/mol. The van der Waals surface area contributed by atoms with Gasteiger partial charge < -0.3 is 10.1 Å². The number of rotatable bonds is 5. The molecule has 1 atom stereocenters. The van der Waals surface area contributed by atoms with E-state index in [1.165, 1.54) is 11.3 Å². The minimum Gasteiger partial charge on any atom is -0.467 e. The molecule has 0 radical (unpaired) electrons. The molecule has 2 aromatic rings. The Morgan fingerprint density at radius 3 is 2.73 bits per heavy atom. The Morgan fingerprint density at radius 1 is 1.32 bits per heavy atom. The van der Waals surface area contributed by atoms with Crippen LogP contribution in [0.1, 0.15) is 16.5 Å². The molecule has 1 amide bonds. The first kappa shape index (κ1) is 16.1. The third kappa shape index (κ3) is 3.88. The zero-order chi connectivity index (χ0) is 16.1. The highest BCUT2D eigenvalue weighted by Gasteiger charge is 2.27. The fourth-order valence-corrected chi connectivity index (χ4v) is 2.60. The Kier molecular flexibility index (Phi) is 5.21. The van der Waals surface area contributed by atoms with E-state index >= 15 is 0 Å². The SMILES string of the molecule is COC(=O)[C@@H](NC(=O)Cc1cccs1)c1cc(F)ccc1F. The van der Waals surface area contributed by atoms with E-state index in [1.807, 2.05) is 5.38 Å². The molecular formula is C15H13F2NO3S. The zero-order valence-electron chi connectivity index (χ0n) is 11.6. The van der Waals surface area contributed by atoms with E-state index in [9.17, 15) is 18.4 Å². The molecule has 1 aromatic heterocycles. The highest BCUT2D eigenvalue weighted by Crippen LogP contribution is 2.20. The fourth-order valence-electron chi connectivity index (χ4n) is 1.90.